The molecule has 108 valence electrons. The molecule has 1 heterocycles. The molecule has 7 heteroatoms. The van der Waals surface area contributed by atoms with Crippen LogP contribution in [0.5, 0.6) is 0 Å². The molecule has 0 saturated carbocycles. The van der Waals surface area contributed by atoms with Crippen LogP contribution in [-0.4, -0.2) is 80.2 Å². The normalized spacial score (nSPS) is 15.8. The minimum atomic E-state index is -0.474. The fraction of sp³-hybridized carbons (Fsp3) is 0.833. The van der Waals surface area contributed by atoms with Gasteiger partial charge in [-0.15, -0.1) is 0 Å². The largest absolute Gasteiger partial charge is 0.447 e. The molecule has 0 aromatic heterocycles. The quantitative estimate of drug-likeness (QED) is 0.682. The standard InChI is InChI=1S/C12H21N3O4/c13-2-1-3-15(12(17)19-11-8-16)5-4-14-6-9-18-10-7-14/h16H,1,3-11H2. The molecule has 1 amide bonds. The molecule has 19 heavy (non-hydrogen) atoms. The maximum absolute atomic E-state index is 11.7. The Kier molecular flexibility index (Phi) is 7.89. The smallest absolute Gasteiger partial charge is 0.409 e. The van der Waals surface area contributed by atoms with E-state index in [1.54, 1.807) is 0 Å². The summed E-state index contributed by atoms with van der Waals surface area (Å²) >= 11 is 0. The first kappa shape index (κ1) is 15.7. The topological polar surface area (TPSA) is 86.0 Å². The summed E-state index contributed by atoms with van der Waals surface area (Å²) in [5.74, 6) is 0. The number of hydrogen-bond donors (Lipinski definition) is 1. The molecule has 1 saturated heterocycles. The van der Waals surface area contributed by atoms with Crippen LogP contribution >= 0.6 is 0 Å². The zero-order chi connectivity index (χ0) is 13.9. The minimum Gasteiger partial charge on any atom is -0.447 e. The Morgan fingerprint density at radius 3 is 2.79 bits per heavy atom. The zero-order valence-electron chi connectivity index (χ0n) is 11.1. The van der Waals surface area contributed by atoms with E-state index < -0.39 is 6.09 Å². The number of carbonyl (C=O) groups is 1. The molecule has 1 aliphatic heterocycles. The van der Waals surface area contributed by atoms with Crippen molar-refractivity contribution in [2.75, 3.05) is 59.2 Å². The van der Waals surface area contributed by atoms with Gasteiger partial charge in [0.15, 0.2) is 0 Å². The fourth-order valence-electron chi connectivity index (χ4n) is 1.79. The molecule has 0 spiro atoms. The van der Waals surface area contributed by atoms with Gasteiger partial charge in [-0.3, -0.25) is 4.90 Å². The third-order valence-corrected chi connectivity index (χ3v) is 2.86. The summed E-state index contributed by atoms with van der Waals surface area (Å²) in [6, 6.07) is 2.01. The number of morpholine rings is 1. The predicted molar refractivity (Wildman–Crippen MR) is 67.5 cm³/mol. The van der Waals surface area contributed by atoms with Crippen LogP contribution in [0.2, 0.25) is 0 Å². The van der Waals surface area contributed by atoms with Gasteiger partial charge < -0.3 is 19.5 Å². The number of nitriles is 1. The van der Waals surface area contributed by atoms with Crippen LogP contribution in [0.4, 0.5) is 4.79 Å². The molecule has 0 aromatic carbocycles. The molecule has 0 unspecified atom stereocenters. The van der Waals surface area contributed by atoms with E-state index in [1.165, 1.54) is 4.90 Å². The van der Waals surface area contributed by atoms with Crippen molar-refractivity contribution in [2.24, 2.45) is 0 Å². The van der Waals surface area contributed by atoms with Crippen molar-refractivity contribution in [1.29, 1.82) is 5.26 Å². The number of hydrogen-bond acceptors (Lipinski definition) is 6. The number of nitrogens with zero attached hydrogens (tertiary/aromatic N) is 3. The molecule has 0 atom stereocenters. The van der Waals surface area contributed by atoms with Crippen molar-refractivity contribution in [3.8, 4) is 6.07 Å². The highest BCUT2D eigenvalue weighted by molar-refractivity contribution is 5.67. The highest BCUT2D eigenvalue weighted by atomic mass is 16.6. The van der Waals surface area contributed by atoms with Crippen LogP contribution in [0.15, 0.2) is 0 Å². The van der Waals surface area contributed by atoms with Gasteiger partial charge in [-0.25, -0.2) is 4.79 Å². The molecule has 7 nitrogen and oxygen atoms in total. The second-order valence-corrected chi connectivity index (χ2v) is 4.19. The predicted octanol–water partition coefficient (Wildman–Crippen LogP) is -0.337. The van der Waals surface area contributed by atoms with Gasteiger partial charge in [-0.05, 0) is 0 Å². The highest BCUT2D eigenvalue weighted by Crippen LogP contribution is 2.01. The van der Waals surface area contributed by atoms with Gasteiger partial charge in [0.25, 0.3) is 0 Å². The average molecular weight is 271 g/mol. The third kappa shape index (κ3) is 6.38. The lowest BCUT2D eigenvalue weighted by molar-refractivity contribution is 0.0313. The van der Waals surface area contributed by atoms with Crippen LogP contribution in [-0.2, 0) is 9.47 Å². The van der Waals surface area contributed by atoms with E-state index in [1.807, 2.05) is 6.07 Å². The van der Waals surface area contributed by atoms with Gasteiger partial charge in [0, 0.05) is 32.7 Å². The van der Waals surface area contributed by atoms with Crippen molar-refractivity contribution >= 4 is 6.09 Å². The molecular formula is C12H21N3O4. The van der Waals surface area contributed by atoms with Crippen LogP contribution in [0.25, 0.3) is 0 Å². The SMILES string of the molecule is N#CCCN(CCN1CCOCC1)C(=O)OCCO. The van der Waals surface area contributed by atoms with Crippen molar-refractivity contribution < 1.29 is 19.4 Å². The van der Waals surface area contributed by atoms with E-state index in [-0.39, 0.29) is 19.6 Å². The number of aliphatic hydroxyl groups excluding tert-OH is 1. The van der Waals surface area contributed by atoms with E-state index >= 15 is 0 Å². The van der Waals surface area contributed by atoms with Gasteiger partial charge in [0.05, 0.1) is 32.3 Å². The second kappa shape index (κ2) is 9.55. The first-order chi connectivity index (χ1) is 9.27. The molecule has 1 N–H and O–H groups in total. The van der Waals surface area contributed by atoms with E-state index in [9.17, 15) is 4.79 Å². The van der Waals surface area contributed by atoms with Gasteiger partial charge >= 0.3 is 6.09 Å². The van der Waals surface area contributed by atoms with Crippen LogP contribution in [0, 0.1) is 11.3 Å². The summed E-state index contributed by atoms with van der Waals surface area (Å²) in [5, 5.41) is 17.2. The van der Waals surface area contributed by atoms with Gasteiger partial charge in [-0.1, -0.05) is 0 Å². The van der Waals surface area contributed by atoms with Crippen LogP contribution in [0.1, 0.15) is 6.42 Å². The lowest BCUT2D eigenvalue weighted by Gasteiger charge is -2.29. The Balaban J connectivity index is 2.34. The summed E-state index contributed by atoms with van der Waals surface area (Å²) in [6.07, 6.45) is -0.199. The Morgan fingerprint density at radius 2 is 2.16 bits per heavy atom. The maximum atomic E-state index is 11.7. The van der Waals surface area contributed by atoms with E-state index in [0.29, 0.717) is 26.3 Å². The molecule has 1 aliphatic rings. The van der Waals surface area contributed by atoms with E-state index in [4.69, 9.17) is 19.8 Å². The summed E-state index contributed by atoms with van der Waals surface area (Å²) in [4.78, 5) is 15.4. The zero-order valence-corrected chi connectivity index (χ0v) is 11.1. The number of amides is 1. The van der Waals surface area contributed by atoms with E-state index in [2.05, 4.69) is 4.90 Å². The lowest BCUT2D eigenvalue weighted by atomic mass is 10.3. The summed E-state index contributed by atoms with van der Waals surface area (Å²) < 4.78 is 10.1. The Labute approximate surface area is 113 Å². The number of rotatable bonds is 7. The highest BCUT2D eigenvalue weighted by Gasteiger charge is 2.17. The van der Waals surface area contributed by atoms with Gasteiger partial charge in [0.2, 0.25) is 0 Å². The number of aliphatic hydroxyl groups is 1. The maximum Gasteiger partial charge on any atom is 0.409 e. The number of carbonyl (C=O) groups excluding carboxylic acids is 1. The lowest BCUT2D eigenvalue weighted by Crippen LogP contribution is -2.43. The molecule has 1 rings (SSSR count). The Hall–Kier alpha value is -1.36. The second-order valence-electron chi connectivity index (χ2n) is 4.19. The summed E-state index contributed by atoms with van der Waals surface area (Å²) in [7, 11) is 0. The van der Waals surface area contributed by atoms with Crippen molar-refractivity contribution in [1.82, 2.24) is 9.80 Å². The summed E-state index contributed by atoms with van der Waals surface area (Å²) in [6.45, 7) is 4.55. The fourth-order valence-corrected chi connectivity index (χ4v) is 1.79. The monoisotopic (exact) mass is 271 g/mol. The third-order valence-electron chi connectivity index (χ3n) is 2.86. The van der Waals surface area contributed by atoms with Crippen molar-refractivity contribution in [2.45, 2.75) is 6.42 Å². The molecule has 1 fully saturated rings. The van der Waals surface area contributed by atoms with Crippen LogP contribution in [0.3, 0.4) is 0 Å². The van der Waals surface area contributed by atoms with E-state index in [0.717, 1.165) is 19.6 Å². The summed E-state index contributed by atoms with van der Waals surface area (Å²) in [5.41, 5.74) is 0. The molecule has 0 aromatic rings. The molecule has 0 bridgehead atoms. The van der Waals surface area contributed by atoms with Crippen molar-refractivity contribution in [3.05, 3.63) is 0 Å². The van der Waals surface area contributed by atoms with Gasteiger partial charge in [-0.2, -0.15) is 5.26 Å². The van der Waals surface area contributed by atoms with Crippen LogP contribution < -0.4 is 0 Å². The molecule has 0 aliphatic carbocycles. The Morgan fingerprint density at radius 1 is 1.42 bits per heavy atom. The molecular weight excluding hydrogens is 250 g/mol. The average Bonchev–Trinajstić information content (AvgIpc) is 2.46. The first-order valence-electron chi connectivity index (χ1n) is 6.47. The minimum absolute atomic E-state index is 0.0144. The number of ether oxygens (including phenoxy) is 2. The van der Waals surface area contributed by atoms with Gasteiger partial charge in [0.1, 0.15) is 6.61 Å². The first-order valence-corrected chi connectivity index (χ1v) is 6.47. The van der Waals surface area contributed by atoms with Crippen molar-refractivity contribution in [3.63, 3.8) is 0 Å². The Bertz CT molecular complexity index is 300. The molecule has 0 radical (unpaired) electrons.